The Morgan fingerprint density at radius 3 is 2.48 bits per heavy atom. The molecule has 0 saturated carbocycles. The van der Waals surface area contributed by atoms with E-state index in [1.54, 1.807) is 26.0 Å². The number of piperidine rings is 1. The van der Waals surface area contributed by atoms with Crippen molar-refractivity contribution in [1.29, 1.82) is 0 Å². The van der Waals surface area contributed by atoms with Crippen LogP contribution in [0.3, 0.4) is 0 Å². The van der Waals surface area contributed by atoms with Crippen molar-refractivity contribution in [1.82, 2.24) is 19.3 Å². The first-order valence-electron chi connectivity index (χ1n) is 10.6. The Hall–Kier alpha value is -2.76. The van der Waals surface area contributed by atoms with Crippen LogP contribution < -0.4 is 11.1 Å². The Morgan fingerprint density at radius 2 is 1.85 bits per heavy atom. The molecule has 1 atom stereocenters. The summed E-state index contributed by atoms with van der Waals surface area (Å²) in [6, 6.07) is 4.21. The molecule has 1 aromatic carbocycles. The van der Waals surface area contributed by atoms with Crippen LogP contribution in [0.2, 0.25) is 0 Å². The van der Waals surface area contributed by atoms with Gasteiger partial charge in [-0.3, -0.25) is 4.98 Å². The number of nitrogens with two attached hydrogens (primary N) is 1. The van der Waals surface area contributed by atoms with E-state index in [0.29, 0.717) is 42.6 Å². The van der Waals surface area contributed by atoms with Gasteiger partial charge in [0.15, 0.2) is 5.82 Å². The highest BCUT2D eigenvalue weighted by molar-refractivity contribution is 7.88. The summed E-state index contributed by atoms with van der Waals surface area (Å²) in [5, 5.41) is 3.65. The zero-order valence-corrected chi connectivity index (χ0v) is 19.5. The van der Waals surface area contributed by atoms with E-state index in [-0.39, 0.29) is 34.8 Å². The fourth-order valence-electron chi connectivity index (χ4n) is 4.11. The summed E-state index contributed by atoms with van der Waals surface area (Å²) in [5.74, 6) is -1.08. The van der Waals surface area contributed by atoms with Crippen LogP contribution in [0, 0.1) is 18.6 Å². The van der Waals surface area contributed by atoms with E-state index in [1.807, 2.05) is 0 Å². The largest absolute Gasteiger partial charge is 0.351 e. The summed E-state index contributed by atoms with van der Waals surface area (Å²) in [4.78, 5) is 12.6. The second-order valence-corrected chi connectivity index (χ2v) is 10.4. The number of nitrogens with one attached hydrogen (secondary N) is 1. The van der Waals surface area contributed by atoms with Gasteiger partial charge in [-0.1, -0.05) is 0 Å². The van der Waals surface area contributed by atoms with E-state index in [9.17, 15) is 17.2 Å². The van der Waals surface area contributed by atoms with Crippen LogP contribution in [-0.2, 0) is 10.0 Å². The molecule has 0 radical (unpaired) electrons. The Kier molecular flexibility index (Phi) is 6.30. The maximum absolute atomic E-state index is 15.0. The molecular weight excluding hydrogens is 450 g/mol. The number of halogens is 2. The number of aryl methyl sites for hydroxylation is 1. The van der Waals surface area contributed by atoms with Crippen molar-refractivity contribution >= 4 is 26.9 Å². The monoisotopic (exact) mass is 476 g/mol. The number of nitrogens with zero attached hydrogens (tertiary/aromatic N) is 4. The van der Waals surface area contributed by atoms with Crippen LogP contribution in [0.15, 0.2) is 24.4 Å². The van der Waals surface area contributed by atoms with Crippen molar-refractivity contribution in [3.8, 4) is 11.3 Å². The maximum Gasteiger partial charge on any atom is 0.223 e. The van der Waals surface area contributed by atoms with E-state index in [0.717, 1.165) is 6.20 Å². The van der Waals surface area contributed by atoms with Crippen molar-refractivity contribution in [3.63, 3.8) is 0 Å². The van der Waals surface area contributed by atoms with Gasteiger partial charge in [-0.25, -0.2) is 31.5 Å². The third-order valence-corrected chi connectivity index (χ3v) is 7.09. The summed E-state index contributed by atoms with van der Waals surface area (Å²) in [7, 11) is -3.23. The van der Waals surface area contributed by atoms with Gasteiger partial charge in [0.1, 0.15) is 17.0 Å². The van der Waals surface area contributed by atoms with E-state index < -0.39 is 21.7 Å². The van der Waals surface area contributed by atoms with Crippen LogP contribution >= 0.6 is 0 Å². The third-order valence-electron chi connectivity index (χ3n) is 5.79. The highest BCUT2D eigenvalue weighted by Gasteiger charge is 2.25. The smallest absolute Gasteiger partial charge is 0.223 e. The summed E-state index contributed by atoms with van der Waals surface area (Å²) < 4.78 is 54.4. The van der Waals surface area contributed by atoms with Crippen LogP contribution in [0.5, 0.6) is 0 Å². The fourth-order valence-corrected chi connectivity index (χ4v) is 4.99. The summed E-state index contributed by atoms with van der Waals surface area (Å²) in [6.07, 6.45) is 3.36. The molecule has 1 fully saturated rings. The second kappa shape index (κ2) is 8.88. The van der Waals surface area contributed by atoms with E-state index in [2.05, 4.69) is 20.3 Å². The second-order valence-electron chi connectivity index (χ2n) is 8.47. The quantitative estimate of drug-likeness (QED) is 0.581. The zero-order valence-electron chi connectivity index (χ0n) is 18.6. The first-order valence-corrected chi connectivity index (χ1v) is 12.5. The molecule has 0 amide bonds. The Labute approximate surface area is 191 Å². The lowest BCUT2D eigenvalue weighted by molar-refractivity contribution is 0.331. The summed E-state index contributed by atoms with van der Waals surface area (Å²) in [6.45, 7) is 4.32. The van der Waals surface area contributed by atoms with Crippen molar-refractivity contribution in [2.45, 2.75) is 38.8 Å². The van der Waals surface area contributed by atoms with Gasteiger partial charge >= 0.3 is 0 Å². The molecule has 3 N–H and O–H groups in total. The average molecular weight is 477 g/mol. The molecule has 8 nitrogen and oxygen atoms in total. The van der Waals surface area contributed by atoms with Crippen molar-refractivity contribution in [2.75, 3.05) is 24.7 Å². The van der Waals surface area contributed by atoms with Crippen LogP contribution in [0.25, 0.3) is 22.2 Å². The van der Waals surface area contributed by atoms with Crippen molar-refractivity contribution < 1.29 is 17.2 Å². The molecular formula is C22H26F2N6O2S. The van der Waals surface area contributed by atoms with Crippen molar-refractivity contribution in [2.24, 2.45) is 5.73 Å². The number of hydrogen-bond donors (Lipinski definition) is 2. The number of aromatic nitrogens is 3. The van der Waals surface area contributed by atoms with Gasteiger partial charge in [0.25, 0.3) is 0 Å². The highest BCUT2D eigenvalue weighted by Crippen LogP contribution is 2.31. The number of anilines is 1. The Balaban J connectivity index is 1.66. The SMILES string of the molecule is Cc1cc(C(C)N)c2cc(-c3nc(NC4CCN(S(C)(=O)=O)CC4)ncc3F)cc(F)c2n1. The lowest BCUT2D eigenvalue weighted by Crippen LogP contribution is -2.42. The topological polar surface area (TPSA) is 114 Å². The first-order chi connectivity index (χ1) is 15.5. The molecule has 2 aromatic heterocycles. The number of sulfonamides is 1. The van der Waals surface area contributed by atoms with Gasteiger partial charge < -0.3 is 11.1 Å². The van der Waals surface area contributed by atoms with Gasteiger partial charge in [0, 0.05) is 41.8 Å². The van der Waals surface area contributed by atoms with Gasteiger partial charge in [0.2, 0.25) is 16.0 Å². The molecule has 11 heteroatoms. The number of benzene rings is 1. The number of fused-ring (bicyclic) bond motifs is 1. The van der Waals surface area contributed by atoms with Gasteiger partial charge in [0.05, 0.1) is 12.5 Å². The van der Waals surface area contributed by atoms with Crippen LogP contribution in [0.1, 0.15) is 37.1 Å². The maximum atomic E-state index is 15.0. The molecule has 1 aliphatic heterocycles. The Bertz CT molecular complexity index is 1310. The number of rotatable bonds is 5. The average Bonchev–Trinajstić information content (AvgIpc) is 2.74. The molecule has 1 unspecified atom stereocenters. The molecule has 4 rings (SSSR count). The number of pyridine rings is 1. The predicted octanol–water partition coefficient (Wildman–Crippen LogP) is 3.13. The lowest BCUT2D eigenvalue weighted by Gasteiger charge is -2.30. The predicted molar refractivity (Wildman–Crippen MR) is 123 cm³/mol. The summed E-state index contributed by atoms with van der Waals surface area (Å²) in [5.41, 5.74) is 7.82. The molecule has 0 aliphatic carbocycles. The van der Waals surface area contributed by atoms with Gasteiger partial charge in [-0.15, -0.1) is 0 Å². The molecule has 0 spiro atoms. The molecule has 176 valence electrons. The molecule has 33 heavy (non-hydrogen) atoms. The van der Waals surface area contributed by atoms with E-state index in [4.69, 9.17) is 5.73 Å². The first kappa shape index (κ1) is 23.4. The lowest BCUT2D eigenvalue weighted by atomic mass is 9.99. The minimum absolute atomic E-state index is 0.0435. The molecule has 1 saturated heterocycles. The van der Waals surface area contributed by atoms with Crippen LogP contribution in [0.4, 0.5) is 14.7 Å². The molecule has 3 aromatic rings. The number of hydrogen-bond acceptors (Lipinski definition) is 7. The third kappa shape index (κ3) is 4.94. The highest BCUT2D eigenvalue weighted by atomic mass is 32.2. The van der Waals surface area contributed by atoms with Gasteiger partial charge in [-0.05, 0) is 50.5 Å². The summed E-state index contributed by atoms with van der Waals surface area (Å²) >= 11 is 0. The van der Waals surface area contributed by atoms with Gasteiger partial charge in [-0.2, -0.15) is 0 Å². The van der Waals surface area contributed by atoms with E-state index >= 15 is 0 Å². The fraction of sp³-hybridized carbons (Fsp3) is 0.409. The standard InChI is InChI=1S/C22H26F2N6O2S/c1-12-8-16(13(2)25)17-9-14(10-18(23)21(17)27-12)20-19(24)11-26-22(29-20)28-15-4-6-30(7-5-15)33(3,31)32/h8-11,13,15H,4-7,25H2,1-3H3,(H,26,28,29). The normalized spacial score (nSPS) is 16.8. The zero-order chi connectivity index (χ0) is 23.9. The minimum Gasteiger partial charge on any atom is -0.351 e. The van der Waals surface area contributed by atoms with E-state index in [1.165, 1.54) is 16.6 Å². The molecule has 0 bridgehead atoms. The molecule has 3 heterocycles. The molecule has 1 aliphatic rings. The van der Waals surface area contributed by atoms with Crippen molar-refractivity contribution in [3.05, 3.63) is 47.3 Å². The Morgan fingerprint density at radius 1 is 1.15 bits per heavy atom. The van der Waals surface area contributed by atoms with Crippen LogP contribution in [-0.4, -0.2) is 53.1 Å². The minimum atomic E-state index is -3.23.